The molecular weight excluding hydrogens is 408 g/mol. The molecule has 0 aromatic heterocycles. The van der Waals surface area contributed by atoms with E-state index in [2.05, 4.69) is 67.6 Å². The lowest BCUT2D eigenvalue weighted by molar-refractivity contribution is 0.562. The standard InChI is InChI=1S/C13H10.C7H8.4CHNO/c1-4-10-6-2-8-12-9-3-7-11(5-1)13(10)12;1-7-5-3-2-4-6-7;4*2-1-3/h1-8H,9H2;2-6H,1H3;4*2H. The van der Waals surface area contributed by atoms with Crippen LogP contribution in [-0.2, 0) is 25.6 Å². The highest BCUT2D eigenvalue weighted by Gasteiger charge is 2.06. The van der Waals surface area contributed by atoms with Gasteiger partial charge in [-0.2, -0.15) is 0 Å². The minimum absolute atomic E-state index is 0.750. The Morgan fingerprint density at radius 2 is 1.12 bits per heavy atom. The fourth-order valence-electron chi connectivity index (χ4n) is 2.61. The summed E-state index contributed by atoms with van der Waals surface area (Å²) in [6, 6.07) is 23.3. The number of aryl methyl sites for hydroxylation is 1. The van der Waals surface area contributed by atoms with Crippen LogP contribution in [0.5, 0.6) is 0 Å². The van der Waals surface area contributed by atoms with Crippen molar-refractivity contribution in [3.63, 3.8) is 0 Å². The molecule has 0 spiro atoms. The number of benzene rings is 3. The minimum atomic E-state index is 0.750. The Balaban J connectivity index is 0. The molecule has 0 saturated heterocycles. The van der Waals surface area contributed by atoms with Gasteiger partial charge < -0.3 is 0 Å². The van der Waals surface area contributed by atoms with Crippen LogP contribution in [0, 0.1) is 28.6 Å². The normalized spacial score (nSPS) is 8.41. The zero-order valence-electron chi connectivity index (χ0n) is 17.3. The number of allylic oxidation sites excluding steroid dienone is 1. The predicted molar refractivity (Wildman–Crippen MR) is 122 cm³/mol. The lowest BCUT2D eigenvalue weighted by atomic mass is 9.93. The van der Waals surface area contributed by atoms with Gasteiger partial charge in [0.1, 0.15) is 0 Å². The lowest BCUT2D eigenvalue weighted by Crippen LogP contribution is -1.91. The van der Waals surface area contributed by atoms with E-state index < -0.39 is 0 Å². The van der Waals surface area contributed by atoms with E-state index in [1.54, 1.807) is 0 Å². The molecule has 1 aliphatic carbocycles. The van der Waals surface area contributed by atoms with E-state index in [9.17, 15) is 0 Å². The monoisotopic (exact) mass is 430 g/mol. The molecule has 0 heterocycles. The molecule has 0 amide bonds. The van der Waals surface area contributed by atoms with Crippen molar-refractivity contribution in [1.29, 1.82) is 21.6 Å². The first-order valence-electron chi connectivity index (χ1n) is 8.85. The summed E-state index contributed by atoms with van der Waals surface area (Å²) in [7, 11) is 0. The number of rotatable bonds is 0. The topological polar surface area (TPSA) is 164 Å². The highest BCUT2D eigenvalue weighted by Crippen LogP contribution is 2.27. The molecule has 8 heteroatoms. The SMILES string of the molecule is C1=Cc2cccc3cccc(c23)C1.Cc1ccccc1.N=C=O.N=C=O.N=C=O.N=C=O. The van der Waals surface area contributed by atoms with Gasteiger partial charge in [-0.05, 0) is 35.2 Å². The zero-order valence-corrected chi connectivity index (χ0v) is 17.3. The Labute approximate surface area is 185 Å². The van der Waals surface area contributed by atoms with Crippen molar-refractivity contribution in [2.45, 2.75) is 13.3 Å². The maximum absolute atomic E-state index is 8.35. The highest BCUT2D eigenvalue weighted by molar-refractivity contribution is 5.94. The third kappa shape index (κ3) is 13.4. The van der Waals surface area contributed by atoms with Crippen molar-refractivity contribution in [3.8, 4) is 0 Å². The van der Waals surface area contributed by atoms with Gasteiger partial charge in [-0.1, -0.05) is 84.4 Å². The average Bonchev–Trinajstić information content (AvgIpc) is 2.78. The van der Waals surface area contributed by atoms with Gasteiger partial charge >= 0.3 is 0 Å². The number of carbonyl (C=O) groups excluding carboxylic acids is 4. The van der Waals surface area contributed by atoms with Crippen LogP contribution < -0.4 is 0 Å². The Kier molecular flexibility index (Phi) is 19.2. The Morgan fingerprint density at radius 1 is 0.656 bits per heavy atom. The van der Waals surface area contributed by atoms with Gasteiger partial charge in [-0.3, -0.25) is 0 Å². The second-order valence-electron chi connectivity index (χ2n) is 5.53. The maximum atomic E-state index is 8.35. The Hall–Kier alpha value is -4.82. The summed E-state index contributed by atoms with van der Waals surface area (Å²) in [5, 5.41) is 24.4. The molecule has 1 aliphatic rings. The molecule has 162 valence electrons. The van der Waals surface area contributed by atoms with Gasteiger partial charge in [0.15, 0.2) is 0 Å². The molecule has 8 nitrogen and oxygen atoms in total. The predicted octanol–water partition coefficient (Wildman–Crippen LogP) is 5.01. The van der Waals surface area contributed by atoms with Crippen molar-refractivity contribution < 1.29 is 19.2 Å². The third-order valence-electron chi connectivity index (χ3n) is 3.60. The van der Waals surface area contributed by atoms with Crippen molar-refractivity contribution in [2.24, 2.45) is 0 Å². The molecular formula is C24H22N4O4. The molecule has 0 bridgehead atoms. The van der Waals surface area contributed by atoms with E-state index in [0.717, 1.165) is 30.7 Å². The first kappa shape index (κ1) is 29.4. The van der Waals surface area contributed by atoms with Crippen molar-refractivity contribution in [3.05, 3.63) is 89.5 Å². The van der Waals surface area contributed by atoms with Gasteiger partial charge in [-0.25, -0.2) is 40.8 Å². The molecule has 0 radical (unpaired) electrons. The third-order valence-corrected chi connectivity index (χ3v) is 3.60. The number of isocyanates is 4. The van der Waals surface area contributed by atoms with E-state index in [4.69, 9.17) is 40.8 Å². The van der Waals surface area contributed by atoms with E-state index in [0.29, 0.717) is 0 Å². The number of hydrogen-bond donors (Lipinski definition) is 4. The highest BCUT2D eigenvalue weighted by atomic mass is 16.1. The van der Waals surface area contributed by atoms with Gasteiger partial charge in [0.25, 0.3) is 0 Å². The molecule has 3 aromatic carbocycles. The molecule has 0 aliphatic heterocycles. The van der Waals surface area contributed by atoms with E-state index in [-0.39, 0.29) is 0 Å². The lowest BCUT2D eigenvalue weighted by Gasteiger charge is -2.11. The molecule has 0 atom stereocenters. The molecule has 32 heavy (non-hydrogen) atoms. The number of hydrogen-bond acceptors (Lipinski definition) is 8. The van der Waals surface area contributed by atoms with Crippen molar-refractivity contribution in [1.82, 2.24) is 0 Å². The van der Waals surface area contributed by atoms with Crippen molar-refractivity contribution >= 4 is 41.2 Å². The van der Waals surface area contributed by atoms with Crippen LogP contribution in [0.15, 0.2) is 72.8 Å². The molecule has 0 fully saturated rings. The summed E-state index contributed by atoms with van der Waals surface area (Å²) >= 11 is 0. The van der Waals surface area contributed by atoms with Gasteiger partial charge in [0.05, 0.1) is 0 Å². The van der Waals surface area contributed by atoms with E-state index >= 15 is 0 Å². The van der Waals surface area contributed by atoms with Gasteiger partial charge in [0, 0.05) is 0 Å². The van der Waals surface area contributed by atoms with Crippen molar-refractivity contribution in [2.75, 3.05) is 0 Å². The number of nitrogens with one attached hydrogen (secondary N) is 4. The average molecular weight is 430 g/mol. The molecule has 0 saturated carbocycles. The van der Waals surface area contributed by atoms with Crippen LogP contribution in [0.2, 0.25) is 0 Å². The Bertz CT molecular complexity index is 1050. The van der Waals surface area contributed by atoms with Crippen LogP contribution in [0.1, 0.15) is 16.7 Å². The van der Waals surface area contributed by atoms with Crippen LogP contribution >= 0.6 is 0 Å². The quantitative estimate of drug-likeness (QED) is 0.291. The van der Waals surface area contributed by atoms with Gasteiger partial charge in [-0.15, -0.1) is 0 Å². The first-order chi connectivity index (χ1) is 15.5. The summed E-state index contributed by atoms with van der Waals surface area (Å²) < 4.78 is 0. The smallest absolute Gasteiger partial charge is 0.222 e. The minimum Gasteiger partial charge on any atom is -0.222 e. The fraction of sp³-hybridized carbons (Fsp3) is 0.0833. The summed E-state index contributed by atoms with van der Waals surface area (Å²) in [5.41, 5.74) is 4.14. The summed E-state index contributed by atoms with van der Waals surface area (Å²) in [6.07, 6.45) is 8.53. The van der Waals surface area contributed by atoms with Crippen LogP contribution in [0.25, 0.3) is 16.8 Å². The summed E-state index contributed by atoms with van der Waals surface area (Å²) in [5.74, 6) is 0. The van der Waals surface area contributed by atoms with E-state index in [1.165, 1.54) is 27.5 Å². The zero-order chi connectivity index (χ0) is 24.6. The first-order valence-corrected chi connectivity index (χ1v) is 8.85. The molecule has 4 rings (SSSR count). The van der Waals surface area contributed by atoms with Crippen LogP contribution in [0.3, 0.4) is 0 Å². The molecule has 3 aromatic rings. The second-order valence-corrected chi connectivity index (χ2v) is 5.53. The van der Waals surface area contributed by atoms with Gasteiger partial charge in [0.2, 0.25) is 24.3 Å². The van der Waals surface area contributed by atoms with Crippen LogP contribution in [0.4, 0.5) is 0 Å². The van der Waals surface area contributed by atoms with Crippen LogP contribution in [-0.4, -0.2) is 24.3 Å². The molecule has 0 unspecified atom stereocenters. The van der Waals surface area contributed by atoms with E-state index in [1.807, 2.05) is 18.2 Å². The maximum Gasteiger partial charge on any atom is 0.231 e. The second kappa shape index (κ2) is 20.9. The molecule has 4 N–H and O–H groups in total. The largest absolute Gasteiger partial charge is 0.231 e. The Morgan fingerprint density at radius 3 is 1.56 bits per heavy atom. The summed E-state index contributed by atoms with van der Waals surface area (Å²) in [4.78, 5) is 33.4. The summed E-state index contributed by atoms with van der Waals surface area (Å²) in [6.45, 7) is 2.08. The fourth-order valence-corrected chi connectivity index (χ4v) is 2.61.